The van der Waals surface area contributed by atoms with Crippen molar-refractivity contribution >= 4 is 11.9 Å². The highest BCUT2D eigenvalue weighted by molar-refractivity contribution is 5.86. The molecule has 23 heavy (non-hydrogen) atoms. The first-order valence-corrected chi connectivity index (χ1v) is 7.21. The lowest BCUT2D eigenvalue weighted by Crippen LogP contribution is -2.29. The van der Waals surface area contributed by atoms with Gasteiger partial charge in [-0.05, 0) is 37.1 Å². The summed E-state index contributed by atoms with van der Waals surface area (Å²) < 4.78 is 18.3. The minimum Gasteiger partial charge on any atom is -0.475 e. The molecule has 0 bridgehead atoms. The van der Waals surface area contributed by atoms with Crippen LogP contribution in [0.1, 0.15) is 34.4 Å². The summed E-state index contributed by atoms with van der Waals surface area (Å²) in [7, 11) is 0. The second-order valence-electron chi connectivity index (χ2n) is 5.48. The Balaban J connectivity index is 1.91. The van der Waals surface area contributed by atoms with E-state index >= 15 is 0 Å². The molecule has 6 heteroatoms. The molecule has 1 amide bonds. The molecule has 1 atom stereocenters. The smallest absolute Gasteiger partial charge is 0.372 e. The number of carbonyl (C=O) groups is 2. The van der Waals surface area contributed by atoms with Gasteiger partial charge in [0.05, 0.1) is 6.54 Å². The molecular formula is C17H18FNO4. The third-order valence-electron chi connectivity index (χ3n) is 3.48. The monoisotopic (exact) mass is 319 g/mol. The van der Waals surface area contributed by atoms with E-state index < -0.39 is 5.97 Å². The minimum absolute atomic E-state index is 0.112. The number of carboxylic acid groups (broad SMARTS) is 1. The first-order valence-electron chi connectivity index (χ1n) is 7.21. The highest BCUT2D eigenvalue weighted by atomic mass is 19.1. The summed E-state index contributed by atoms with van der Waals surface area (Å²) in [5, 5.41) is 11.6. The van der Waals surface area contributed by atoms with E-state index in [4.69, 9.17) is 9.52 Å². The van der Waals surface area contributed by atoms with Crippen molar-refractivity contribution < 1.29 is 23.5 Å². The fourth-order valence-corrected chi connectivity index (χ4v) is 2.31. The van der Waals surface area contributed by atoms with Crippen molar-refractivity contribution in [1.82, 2.24) is 5.32 Å². The number of carboxylic acids is 1. The van der Waals surface area contributed by atoms with Gasteiger partial charge >= 0.3 is 5.97 Å². The topological polar surface area (TPSA) is 79.5 Å². The summed E-state index contributed by atoms with van der Waals surface area (Å²) in [6.45, 7) is 3.49. The molecule has 1 unspecified atom stereocenters. The summed E-state index contributed by atoms with van der Waals surface area (Å²) in [6.07, 6.45) is 0.418. The average molecular weight is 319 g/mol. The van der Waals surface area contributed by atoms with E-state index in [1.165, 1.54) is 12.1 Å². The number of hydrogen-bond donors (Lipinski definition) is 2. The van der Waals surface area contributed by atoms with Gasteiger partial charge in [0.15, 0.2) is 0 Å². The largest absolute Gasteiger partial charge is 0.475 e. The van der Waals surface area contributed by atoms with Crippen LogP contribution in [0.3, 0.4) is 0 Å². The summed E-state index contributed by atoms with van der Waals surface area (Å²) in [6, 6.07) is 7.71. The van der Waals surface area contributed by atoms with Gasteiger partial charge in [-0.25, -0.2) is 9.18 Å². The molecule has 122 valence electrons. The number of aryl methyl sites for hydroxylation is 1. The molecule has 2 aromatic rings. The highest BCUT2D eigenvalue weighted by Crippen LogP contribution is 2.15. The van der Waals surface area contributed by atoms with E-state index in [0.29, 0.717) is 17.7 Å². The predicted molar refractivity (Wildman–Crippen MR) is 81.5 cm³/mol. The Hall–Kier alpha value is -2.63. The number of hydrogen-bond acceptors (Lipinski definition) is 3. The van der Waals surface area contributed by atoms with E-state index in [1.54, 1.807) is 32.0 Å². The summed E-state index contributed by atoms with van der Waals surface area (Å²) >= 11 is 0. The zero-order valence-electron chi connectivity index (χ0n) is 12.9. The Labute approximate surface area is 133 Å². The minimum atomic E-state index is -1.14. The third-order valence-corrected chi connectivity index (χ3v) is 3.48. The van der Waals surface area contributed by atoms with Gasteiger partial charge in [-0.3, -0.25) is 4.79 Å². The molecule has 0 fully saturated rings. The summed E-state index contributed by atoms with van der Waals surface area (Å²) in [5.74, 6) is -1.76. The number of halogens is 1. The SMILES string of the molecule is Cc1cc(CNC(=O)C(C)Cc2cccc(F)c2)oc1C(=O)O. The van der Waals surface area contributed by atoms with E-state index in [-0.39, 0.29) is 29.9 Å². The Bertz CT molecular complexity index is 723. The number of rotatable bonds is 6. The Morgan fingerprint density at radius 2 is 2.09 bits per heavy atom. The van der Waals surface area contributed by atoms with Gasteiger partial charge in [0.25, 0.3) is 0 Å². The quantitative estimate of drug-likeness (QED) is 0.858. The lowest BCUT2D eigenvalue weighted by molar-refractivity contribution is -0.124. The number of nitrogens with one attached hydrogen (secondary N) is 1. The second-order valence-corrected chi connectivity index (χ2v) is 5.48. The standard InChI is InChI=1S/C17H18FNO4/c1-10-7-14(23-15(10)17(21)22)9-19-16(20)11(2)6-12-4-3-5-13(18)8-12/h3-5,7-8,11H,6,9H2,1-2H3,(H,19,20)(H,21,22). The molecule has 0 aliphatic rings. The molecule has 0 saturated carbocycles. The molecule has 0 aliphatic carbocycles. The van der Waals surface area contributed by atoms with Gasteiger partial charge in [-0.15, -0.1) is 0 Å². The lowest BCUT2D eigenvalue weighted by atomic mass is 10.0. The third kappa shape index (κ3) is 4.42. The van der Waals surface area contributed by atoms with Crippen molar-refractivity contribution in [2.24, 2.45) is 5.92 Å². The van der Waals surface area contributed by atoms with E-state index in [2.05, 4.69) is 5.32 Å². The first-order chi connectivity index (χ1) is 10.9. The molecule has 2 rings (SSSR count). The van der Waals surface area contributed by atoms with Crippen LogP contribution in [0.25, 0.3) is 0 Å². The molecular weight excluding hydrogens is 301 g/mol. The molecule has 2 N–H and O–H groups in total. The maximum absolute atomic E-state index is 13.1. The lowest BCUT2D eigenvalue weighted by Gasteiger charge is -2.11. The first kappa shape index (κ1) is 16.7. The van der Waals surface area contributed by atoms with Crippen molar-refractivity contribution in [1.29, 1.82) is 0 Å². The fourth-order valence-electron chi connectivity index (χ4n) is 2.31. The number of benzene rings is 1. The van der Waals surface area contributed by atoms with E-state index in [1.807, 2.05) is 0 Å². The predicted octanol–water partition coefficient (Wildman–Crippen LogP) is 2.92. The van der Waals surface area contributed by atoms with Crippen molar-refractivity contribution in [2.75, 3.05) is 0 Å². The number of aromatic carboxylic acids is 1. The Morgan fingerprint density at radius 1 is 1.35 bits per heavy atom. The van der Waals surface area contributed by atoms with Gasteiger partial charge in [0.1, 0.15) is 11.6 Å². The van der Waals surface area contributed by atoms with Gasteiger partial charge in [0, 0.05) is 11.5 Å². The summed E-state index contributed by atoms with van der Waals surface area (Å²) in [5.41, 5.74) is 1.25. The maximum Gasteiger partial charge on any atom is 0.372 e. The van der Waals surface area contributed by atoms with Crippen molar-refractivity contribution in [3.8, 4) is 0 Å². The number of amides is 1. The Kier molecular flexibility index (Phi) is 5.16. The van der Waals surface area contributed by atoms with Crippen LogP contribution < -0.4 is 5.32 Å². The van der Waals surface area contributed by atoms with Gasteiger partial charge < -0.3 is 14.8 Å². The van der Waals surface area contributed by atoms with Crippen LogP contribution in [0.15, 0.2) is 34.7 Å². The van der Waals surface area contributed by atoms with Gasteiger partial charge in [-0.2, -0.15) is 0 Å². The number of carbonyl (C=O) groups excluding carboxylic acids is 1. The van der Waals surface area contributed by atoms with Crippen molar-refractivity contribution in [2.45, 2.75) is 26.8 Å². The highest BCUT2D eigenvalue weighted by Gasteiger charge is 2.17. The van der Waals surface area contributed by atoms with Crippen molar-refractivity contribution in [3.05, 3.63) is 58.8 Å². The molecule has 0 radical (unpaired) electrons. The molecule has 1 aromatic carbocycles. The zero-order valence-corrected chi connectivity index (χ0v) is 12.9. The average Bonchev–Trinajstić information content (AvgIpc) is 2.86. The van der Waals surface area contributed by atoms with Crippen molar-refractivity contribution in [3.63, 3.8) is 0 Å². The Morgan fingerprint density at radius 3 is 2.70 bits per heavy atom. The second kappa shape index (κ2) is 7.09. The van der Waals surface area contributed by atoms with Crippen LogP contribution in [0.4, 0.5) is 4.39 Å². The van der Waals surface area contributed by atoms with Gasteiger partial charge in [-0.1, -0.05) is 19.1 Å². The zero-order chi connectivity index (χ0) is 17.0. The van der Waals surface area contributed by atoms with Crippen LogP contribution in [-0.4, -0.2) is 17.0 Å². The number of furan rings is 1. The maximum atomic E-state index is 13.1. The van der Waals surface area contributed by atoms with Gasteiger partial charge in [0.2, 0.25) is 11.7 Å². The molecule has 0 aliphatic heterocycles. The molecule has 1 heterocycles. The fraction of sp³-hybridized carbons (Fsp3) is 0.294. The van der Waals surface area contributed by atoms with Crippen LogP contribution >= 0.6 is 0 Å². The van der Waals surface area contributed by atoms with Crippen LogP contribution in [-0.2, 0) is 17.8 Å². The van der Waals surface area contributed by atoms with E-state index in [0.717, 1.165) is 5.56 Å². The van der Waals surface area contributed by atoms with Crippen LogP contribution in [0.5, 0.6) is 0 Å². The van der Waals surface area contributed by atoms with E-state index in [9.17, 15) is 14.0 Å². The van der Waals surface area contributed by atoms with Crippen LogP contribution in [0.2, 0.25) is 0 Å². The normalized spacial score (nSPS) is 12.0. The molecule has 5 nitrogen and oxygen atoms in total. The molecule has 0 spiro atoms. The van der Waals surface area contributed by atoms with Crippen LogP contribution in [0, 0.1) is 18.7 Å². The summed E-state index contributed by atoms with van der Waals surface area (Å²) in [4.78, 5) is 23.0. The molecule has 1 aromatic heterocycles. The molecule has 0 saturated heterocycles.